The first-order valence-corrected chi connectivity index (χ1v) is 8.26. The molecular weight excluding hydrogens is 429 g/mol. The fraction of sp³-hybridized carbons (Fsp3) is 0.556. The first kappa shape index (κ1) is 23.5. The van der Waals surface area contributed by atoms with Gasteiger partial charge in [-0.2, -0.15) is 0 Å². The molecule has 0 saturated heterocycles. The quantitative estimate of drug-likeness (QED) is 0.345. The third-order valence-corrected chi connectivity index (χ3v) is 3.54. The standard InChI is InChI=1S/C18H31N5O.HI/c1-14(23(6)15-10-8-7-9-11-15)12-20-17(19-5)21-13-16(24)22-18(2,3)4;/h7-11,14H,12-13H2,1-6H3,(H,22,24)(H2,19,20,21);1H. The van der Waals surface area contributed by atoms with Gasteiger partial charge in [-0.3, -0.25) is 9.79 Å². The summed E-state index contributed by atoms with van der Waals surface area (Å²) in [6.45, 7) is 8.92. The van der Waals surface area contributed by atoms with Crippen LogP contribution < -0.4 is 20.9 Å². The van der Waals surface area contributed by atoms with Gasteiger partial charge < -0.3 is 20.9 Å². The number of para-hydroxylation sites is 1. The van der Waals surface area contributed by atoms with Gasteiger partial charge in [-0.1, -0.05) is 18.2 Å². The van der Waals surface area contributed by atoms with Crippen LogP contribution in [0.4, 0.5) is 5.69 Å². The fourth-order valence-corrected chi connectivity index (χ4v) is 2.15. The van der Waals surface area contributed by atoms with Crippen LogP contribution in [0.1, 0.15) is 27.7 Å². The van der Waals surface area contributed by atoms with Crippen molar-refractivity contribution in [1.82, 2.24) is 16.0 Å². The average molecular weight is 461 g/mol. The van der Waals surface area contributed by atoms with Crippen molar-refractivity contribution in [2.45, 2.75) is 39.3 Å². The van der Waals surface area contributed by atoms with Crippen molar-refractivity contribution in [3.05, 3.63) is 30.3 Å². The number of nitrogens with zero attached hydrogens (tertiary/aromatic N) is 2. The number of rotatable bonds is 6. The Labute approximate surface area is 168 Å². The molecule has 1 atom stereocenters. The first-order chi connectivity index (χ1) is 11.2. The molecule has 3 N–H and O–H groups in total. The number of aliphatic imine (C=N–C) groups is 1. The molecule has 0 aliphatic rings. The number of hydrogen-bond acceptors (Lipinski definition) is 3. The summed E-state index contributed by atoms with van der Waals surface area (Å²) < 4.78 is 0. The Hall–Kier alpha value is -1.51. The van der Waals surface area contributed by atoms with Gasteiger partial charge in [-0.15, -0.1) is 24.0 Å². The third-order valence-electron chi connectivity index (χ3n) is 3.54. The second-order valence-corrected chi connectivity index (χ2v) is 6.90. The zero-order chi connectivity index (χ0) is 18.2. The summed E-state index contributed by atoms with van der Waals surface area (Å²) in [5, 5.41) is 9.20. The Bertz CT molecular complexity index is 542. The molecule has 1 aromatic carbocycles. The van der Waals surface area contributed by atoms with E-state index in [9.17, 15) is 4.79 Å². The molecule has 0 saturated carbocycles. The molecule has 142 valence electrons. The van der Waals surface area contributed by atoms with Crippen LogP contribution in [0.3, 0.4) is 0 Å². The molecule has 0 radical (unpaired) electrons. The highest BCUT2D eigenvalue weighted by Crippen LogP contribution is 2.13. The summed E-state index contributed by atoms with van der Waals surface area (Å²) in [4.78, 5) is 18.2. The molecule has 0 fully saturated rings. The predicted octanol–water partition coefficient (Wildman–Crippen LogP) is 2.21. The summed E-state index contributed by atoms with van der Waals surface area (Å²) >= 11 is 0. The minimum atomic E-state index is -0.234. The van der Waals surface area contributed by atoms with E-state index in [0.717, 1.165) is 0 Å². The van der Waals surface area contributed by atoms with Crippen molar-refractivity contribution < 1.29 is 4.79 Å². The van der Waals surface area contributed by atoms with Gasteiger partial charge in [-0.25, -0.2) is 0 Å². The summed E-state index contributed by atoms with van der Waals surface area (Å²) in [7, 11) is 3.76. The van der Waals surface area contributed by atoms with Crippen LogP contribution in [-0.4, -0.2) is 50.6 Å². The van der Waals surface area contributed by atoms with Crippen LogP contribution >= 0.6 is 24.0 Å². The molecule has 0 bridgehead atoms. The van der Waals surface area contributed by atoms with E-state index in [1.807, 2.05) is 39.0 Å². The molecule has 0 heterocycles. The lowest BCUT2D eigenvalue weighted by Crippen LogP contribution is -2.50. The van der Waals surface area contributed by atoms with Crippen LogP contribution in [0.25, 0.3) is 0 Å². The van der Waals surface area contributed by atoms with E-state index in [-0.39, 0.29) is 48.0 Å². The molecule has 7 heteroatoms. The van der Waals surface area contributed by atoms with Crippen LogP contribution in [0, 0.1) is 0 Å². The van der Waals surface area contributed by atoms with Gasteiger partial charge >= 0.3 is 0 Å². The normalized spacial score (nSPS) is 12.6. The molecule has 0 aliphatic heterocycles. The van der Waals surface area contributed by atoms with E-state index >= 15 is 0 Å². The number of likely N-dealkylation sites (N-methyl/N-ethyl adjacent to an activating group) is 1. The Morgan fingerprint density at radius 2 is 1.80 bits per heavy atom. The van der Waals surface area contributed by atoms with Crippen molar-refractivity contribution >= 4 is 41.5 Å². The number of benzene rings is 1. The average Bonchev–Trinajstić information content (AvgIpc) is 2.53. The molecule has 1 aromatic rings. The molecular formula is C18H32IN5O. The number of carbonyl (C=O) groups is 1. The molecule has 25 heavy (non-hydrogen) atoms. The zero-order valence-corrected chi connectivity index (χ0v) is 18.4. The summed E-state index contributed by atoms with van der Waals surface area (Å²) in [5.74, 6) is 0.562. The summed E-state index contributed by atoms with van der Waals surface area (Å²) in [6.07, 6.45) is 0. The maximum Gasteiger partial charge on any atom is 0.239 e. The number of guanidine groups is 1. The van der Waals surface area contributed by atoms with Crippen LogP contribution in [0.5, 0.6) is 0 Å². The van der Waals surface area contributed by atoms with Gasteiger partial charge in [0.25, 0.3) is 0 Å². The molecule has 1 amide bonds. The minimum Gasteiger partial charge on any atom is -0.370 e. The van der Waals surface area contributed by atoms with E-state index in [0.29, 0.717) is 12.5 Å². The number of amides is 1. The van der Waals surface area contributed by atoms with Crippen molar-refractivity contribution in [3.63, 3.8) is 0 Å². The van der Waals surface area contributed by atoms with Crippen LogP contribution in [-0.2, 0) is 4.79 Å². The van der Waals surface area contributed by atoms with Crippen LogP contribution in [0.2, 0.25) is 0 Å². The number of nitrogens with one attached hydrogen (secondary N) is 3. The fourth-order valence-electron chi connectivity index (χ4n) is 2.15. The van der Waals surface area contributed by atoms with Crippen molar-refractivity contribution in [3.8, 4) is 0 Å². The predicted molar refractivity (Wildman–Crippen MR) is 117 cm³/mol. The van der Waals surface area contributed by atoms with E-state index in [2.05, 4.69) is 51.9 Å². The Morgan fingerprint density at radius 1 is 1.20 bits per heavy atom. The van der Waals surface area contributed by atoms with Gasteiger partial charge in [-0.05, 0) is 39.8 Å². The van der Waals surface area contributed by atoms with Gasteiger partial charge in [0.1, 0.15) is 0 Å². The van der Waals surface area contributed by atoms with Gasteiger partial charge in [0.2, 0.25) is 5.91 Å². The lowest BCUT2D eigenvalue weighted by molar-refractivity contribution is -0.121. The number of halogens is 1. The maximum atomic E-state index is 11.8. The Kier molecular flexibility index (Phi) is 10.5. The van der Waals surface area contributed by atoms with E-state index in [4.69, 9.17) is 0 Å². The highest BCUT2D eigenvalue weighted by molar-refractivity contribution is 14.0. The maximum absolute atomic E-state index is 11.8. The van der Waals surface area contributed by atoms with Crippen molar-refractivity contribution in [2.24, 2.45) is 4.99 Å². The van der Waals surface area contributed by atoms with E-state index < -0.39 is 0 Å². The smallest absolute Gasteiger partial charge is 0.239 e. The van der Waals surface area contributed by atoms with E-state index in [1.54, 1.807) is 7.05 Å². The highest BCUT2D eigenvalue weighted by Gasteiger charge is 2.14. The van der Waals surface area contributed by atoms with Crippen molar-refractivity contribution in [1.29, 1.82) is 0 Å². The van der Waals surface area contributed by atoms with Crippen molar-refractivity contribution in [2.75, 3.05) is 32.1 Å². The highest BCUT2D eigenvalue weighted by atomic mass is 127. The van der Waals surface area contributed by atoms with Crippen LogP contribution in [0.15, 0.2) is 35.3 Å². The number of anilines is 1. The molecule has 1 rings (SSSR count). The molecule has 0 spiro atoms. The number of carbonyl (C=O) groups excluding carboxylic acids is 1. The second-order valence-electron chi connectivity index (χ2n) is 6.90. The molecule has 6 nitrogen and oxygen atoms in total. The zero-order valence-electron chi connectivity index (χ0n) is 16.1. The monoisotopic (exact) mass is 461 g/mol. The lowest BCUT2D eigenvalue weighted by atomic mass is 10.1. The van der Waals surface area contributed by atoms with E-state index in [1.165, 1.54) is 5.69 Å². The summed E-state index contributed by atoms with van der Waals surface area (Å²) in [5.41, 5.74) is 0.933. The van der Waals surface area contributed by atoms with Gasteiger partial charge in [0, 0.05) is 37.9 Å². The molecule has 0 aliphatic carbocycles. The van der Waals surface area contributed by atoms with Gasteiger partial charge in [0.05, 0.1) is 6.54 Å². The largest absolute Gasteiger partial charge is 0.370 e. The lowest BCUT2D eigenvalue weighted by Gasteiger charge is -2.28. The summed E-state index contributed by atoms with van der Waals surface area (Å²) in [6, 6.07) is 10.5. The third kappa shape index (κ3) is 9.52. The first-order valence-electron chi connectivity index (χ1n) is 8.26. The number of hydrogen-bond donors (Lipinski definition) is 3. The minimum absolute atomic E-state index is 0. The second kappa shape index (κ2) is 11.2. The molecule has 0 aromatic heterocycles. The Morgan fingerprint density at radius 3 is 2.32 bits per heavy atom. The topological polar surface area (TPSA) is 68.8 Å². The SMILES string of the molecule is CN=C(NCC(=O)NC(C)(C)C)NCC(C)N(C)c1ccccc1.I. The molecule has 1 unspecified atom stereocenters. The van der Waals surface area contributed by atoms with Gasteiger partial charge in [0.15, 0.2) is 5.96 Å². The Balaban J connectivity index is 0.00000576.